The average molecular weight is 335 g/mol. The smallest absolute Gasteiger partial charge is 0.318 e. The molecule has 2 aromatic rings. The molecular weight excluding hydrogens is 310 g/mol. The Bertz CT molecular complexity index is 708. The first kappa shape index (κ1) is 16.0. The van der Waals surface area contributed by atoms with E-state index in [1.54, 1.807) is 0 Å². The second-order valence-electron chi connectivity index (χ2n) is 7.01. The normalized spacial score (nSPS) is 20.6. The summed E-state index contributed by atoms with van der Waals surface area (Å²) in [4.78, 5) is 16.6. The first-order valence-electron chi connectivity index (χ1n) is 9.24. The summed E-state index contributed by atoms with van der Waals surface area (Å²) in [6.07, 6.45) is 3.92. The SMILES string of the molecule is O=C1N[C@@H](c2ccccc2)CN1Cc1ccc(N2CCCCC2)cc1. The third-order valence-corrected chi connectivity index (χ3v) is 5.22. The van der Waals surface area contributed by atoms with Gasteiger partial charge in [-0.05, 0) is 42.5 Å². The van der Waals surface area contributed by atoms with E-state index in [0.717, 1.165) is 19.6 Å². The van der Waals surface area contributed by atoms with Crippen molar-refractivity contribution in [1.82, 2.24) is 10.2 Å². The number of amides is 2. The second-order valence-corrected chi connectivity index (χ2v) is 7.01. The molecule has 0 saturated carbocycles. The van der Waals surface area contributed by atoms with Gasteiger partial charge in [-0.25, -0.2) is 4.79 Å². The average Bonchev–Trinajstić information content (AvgIpc) is 3.04. The molecule has 0 unspecified atom stereocenters. The standard InChI is InChI=1S/C21H25N3O/c25-21-22-20(18-7-3-1-4-8-18)16-24(21)15-17-9-11-19(12-10-17)23-13-5-2-6-14-23/h1,3-4,7-12,20H,2,5-6,13-16H2,(H,22,25)/t20-/m1/s1. The maximum atomic E-state index is 12.3. The zero-order chi connectivity index (χ0) is 17.1. The van der Waals surface area contributed by atoms with Gasteiger partial charge in [0.15, 0.2) is 0 Å². The highest BCUT2D eigenvalue weighted by atomic mass is 16.2. The third-order valence-electron chi connectivity index (χ3n) is 5.22. The predicted octanol–water partition coefficient (Wildman–Crippen LogP) is 3.94. The number of nitrogens with zero attached hydrogens (tertiary/aromatic N) is 2. The third kappa shape index (κ3) is 3.63. The first-order chi connectivity index (χ1) is 12.3. The summed E-state index contributed by atoms with van der Waals surface area (Å²) < 4.78 is 0. The van der Waals surface area contributed by atoms with Crippen LogP contribution >= 0.6 is 0 Å². The van der Waals surface area contributed by atoms with Gasteiger partial charge in [0.25, 0.3) is 0 Å². The van der Waals surface area contributed by atoms with Crippen LogP contribution in [-0.2, 0) is 6.54 Å². The lowest BCUT2D eigenvalue weighted by Crippen LogP contribution is -2.29. The lowest BCUT2D eigenvalue weighted by Gasteiger charge is -2.29. The van der Waals surface area contributed by atoms with Gasteiger partial charge in [-0.2, -0.15) is 0 Å². The van der Waals surface area contributed by atoms with Crippen LogP contribution in [0.4, 0.5) is 10.5 Å². The molecule has 0 bridgehead atoms. The van der Waals surface area contributed by atoms with E-state index in [2.05, 4.69) is 46.6 Å². The van der Waals surface area contributed by atoms with Crippen molar-refractivity contribution in [2.24, 2.45) is 0 Å². The Kier molecular flexibility index (Phi) is 4.59. The highest BCUT2D eigenvalue weighted by Crippen LogP contribution is 2.24. The largest absolute Gasteiger partial charge is 0.372 e. The minimum absolute atomic E-state index is 0.0222. The summed E-state index contributed by atoms with van der Waals surface area (Å²) in [5.74, 6) is 0. The number of hydrogen-bond acceptors (Lipinski definition) is 2. The Labute approximate surface area is 149 Å². The van der Waals surface area contributed by atoms with Crippen molar-refractivity contribution in [1.29, 1.82) is 0 Å². The highest BCUT2D eigenvalue weighted by Gasteiger charge is 2.29. The molecule has 0 spiro atoms. The molecule has 2 fully saturated rings. The molecule has 1 N–H and O–H groups in total. The van der Waals surface area contributed by atoms with Crippen molar-refractivity contribution in [3.63, 3.8) is 0 Å². The number of benzene rings is 2. The number of urea groups is 1. The van der Waals surface area contributed by atoms with Crippen LogP contribution in [0.2, 0.25) is 0 Å². The van der Waals surface area contributed by atoms with Crippen LogP contribution < -0.4 is 10.2 Å². The van der Waals surface area contributed by atoms with Crippen molar-refractivity contribution in [3.8, 4) is 0 Å². The van der Waals surface area contributed by atoms with E-state index in [0.29, 0.717) is 6.54 Å². The number of hydrogen-bond donors (Lipinski definition) is 1. The first-order valence-corrected chi connectivity index (χ1v) is 9.24. The van der Waals surface area contributed by atoms with E-state index in [9.17, 15) is 4.79 Å². The lowest BCUT2D eigenvalue weighted by atomic mass is 10.1. The Hall–Kier alpha value is -2.49. The summed E-state index contributed by atoms with van der Waals surface area (Å²) in [5, 5.41) is 3.08. The zero-order valence-corrected chi connectivity index (χ0v) is 14.5. The quantitative estimate of drug-likeness (QED) is 0.918. The summed E-state index contributed by atoms with van der Waals surface area (Å²) in [6.45, 7) is 3.70. The van der Waals surface area contributed by atoms with Gasteiger partial charge in [-0.15, -0.1) is 0 Å². The number of rotatable bonds is 4. The van der Waals surface area contributed by atoms with Crippen LogP contribution in [-0.4, -0.2) is 30.6 Å². The zero-order valence-electron chi connectivity index (χ0n) is 14.5. The van der Waals surface area contributed by atoms with Gasteiger partial charge in [0.1, 0.15) is 0 Å². The van der Waals surface area contributed by atoms with Gasteiger partial charge in [-0.3, -0.25) is 0 Å². The molecule has 4 heteroatoms. The Morgan fingerprint density at radius 2 is 1.64 bits per heavy atom. The van der Waals surface area contributed by atoms with Crippen molar-refractivity contribution < 1.29 is 4.79 Å². The summed E-state index contributed by atoms with van der Waals surface area (Å²) >= 11 is 0. The molecule has 4 rings (SSSR count). The van der Waals surface area contributed by atoms with Crippen LogP contribution in [0.3, 0.4) is 0 Å². The van der Waals surface area contributed by atoms with Gasteiger partial charge in [0, 0.05) is 31.9 Å². The fourth-order valence-corrected chi connectivity index (χ4v) is 3.78. The Morgan fingerprint density at radius 1 is 0.920 bits per heavy atom. The van der Waals surface area contributed by atoms with Crippen molar-refractivity contribution >= 4 is 11.7 Å². The number of carbonyl (C=O) groups is 1. The van der Waals surface area contributed by atoms with E-state index < -0.39 is 0 Å². The number of piperidine rings is 1. The van der Waals surface area contributed by atoms with Gasteiger partial charge < -0.3 is 15.1 Å². The monoisotopic (exact) mass is 335 g/mol. The minimum atomic E-state index is 0.0222. The molecule has 25 heavy (non-hydrogen) atoms. The molecule has 130 valence electrons. The molecule has 2 amide bonds. The Balaban J connectivity index is 1.39. The molecule has 2 aliphatic heterocycles. The predicted molar refractivity (Wildman–Crippen MR) is 101 cm³/mol. The van der Waals surface area contributed by atoms with Crippen LogP contribution in [0.25, 0.3) is 0 Å². The van der Waals surface area contributed by atoms with Gasteiger partial charge in [-0.1, -0.05) is 42.5 Å². The molecule has 2 aliphatic rings. The topological polar surface area (TPSA) is 35.6 Å². The lowest BCUT2D eigenvalue weighted by molar-refractivity contribution is 0.215. The summed E-state index contributed by atoms with van der Waals surface area (Å²) in [7, 11) is 0. The number of carbonyl (C=O) groups excluding carboxylic acids is 1. The van der Waals surface area contributed by atoms with E-state index >= 15 is 0 Å². The molecule has 2 aromatic carbocycles. The van der Waals surface area contributed by atoms with Crippen LogP contribution in [0, 0.1) is 0 Å². The fraction of sp³-hybridized carbons (Fsp3) is 0.381. The maximum Gasteiger partial charge on any atom is 0.318 e. The van der Waals surface area contributed by atoms with Crippen molar-refractivity contribution in [2.45, 2.75) is 31.8 Å². The van der Waals surface area contributed by atoms with Crippen LogP contribution in [0.1, 0.15) is 36.4 Å². The minimum Gasteiger partial charge on any atom is -0.372 e. The van der Waals surface area contributed by atoms with Crippen LogP contribution in [0.5, 0.6) is 0 Å². The molecule has 2 heterocycles. The molecular formula is C21H25N3O. The molecule has 1 atom stereocenters. The second kappa shape index (κ2) is 7.18. The van der Waals surface area contributed by atoms with Gasteiger partial charge in [0.05, 0.1) is 6.04 Å². The molecule has 0 radical (unpaired) electrons. The molecule has 4 nitrogen and oxygen atoms in total. The summed E-state index contributed by atoms with van der Waals surface area (Å²) in [5.41, 5.74) is 3.65. The maximum absolute atomic E-state index is 12.3. The van der Waals surface area contributed by atoms with E-state index in [1.807, 2.05) is 23.1 Å². The van der Waals surface area contributed by atoms with Crippen molar-refractivity contribution in [3.05, 3.63) is 65.7 Å². The molecule has 0 aliphatic carbocycles. The van der Waals surface area contributed by atoms with E-state index in [-0.39, 0.29) is 12.1 Å². The fourth-order valence-electron chi connectivity index (χ4n) is 3.78. The highest BCUT2D eigenvalue weighted by molar-refractivity contribution is 5.77. The van der Waals surface area contributed by atoms with Gasteiger partial charge >= 0.3 is 6.03 Å². The van der Waals surface area contributed by atoms with Crippen molar-refractivity contribution in [2.75, 3.05) is 24.5 Å². The molecule has 0 aromatic heterocycles. The Morgan fingerprint density at radius 3 is 2.36 bits per heavy atom. The molecule has 2 saturated heterocycles. The van der Waals surface area contributed by atoms with E-state index in [1.165, 1.54) is 36.1 Å². The summed E-state index contributed by atoms with van der Waals surface area (Å²) in [6, 6.07) is 19.0. The number of nitrogens with one attached hydrogen (secondary N) is 1. The van der Waals surface area contributed by atoms with Crippen LogP contribution in [0.15, 0.2) is 54.6 Å². The number of anilines is 1. The van der Waals surface area contributed by atoms with Gasteiger partial charge in [0.2, 0.25) is 0 Å². The van der Waals surface area contributed by atoms with E-state index in [4.69, 9.17) is 0 Å².